The summed E-state index contributed by atoms with van der Waals surface area (Å²) in [5.41, 5.74) is 3.26. The summed E-state index contributed by atoms with van der Waals surface area (Å²) in [4.78, 5) is 15.1. The number of carboxylic acid groups (broad SMARTS) is 1. The highest BCUT2D eigenvalue weighted by Gasteiger charge is 2.27. The first-order chi connectivity index (χ1) is 8.18. The van der Waals surface area contributed by atoms with E-state index < -0.39 is 5.97 Å². The van der Waals surface area contributed by atoms with Crippen LogP contribution in [-0.2, 0) is 6.42 Å². The molecule has 2 aromatic rings. The van der Waals surface area contributed by atoms with Crippen molar-refractivity contribution in [3.63, 3.8) is 0 Å². The molecule has 0 aliphatic carbocycles. The van der Waals surface area contributed by atoms with Crippen LogP contribution in [0.15, 0.2) is 30.6 Å². The maximum absolute atomic E-state index is 11.1. The van der Waals surface area contributed by atoms with Crippen molar-refractivity contribution in [2.24, 2.45) is 0 Å². The van der Waals surface area contributed by atoms with Gasteiger partial charge in [-0.05, 0) is 18.1 Å². The second kappa shape index (κ2) is 3.45. The number of hydrogen-bond donors (Lipinski definition) is 1. The molecule has 0 radical (unpaired) electrons. The minimum atomic E-state index is -0.954. The summed E-state index contributed by atoms with van der Waals surface area (Å²) in [6.07, 6.45) is 2.47. The summed E-state index contributed by atoms with van der Waals surface area (Å²) in [5.74, 6) is -0.775. The molecule has 0 amide bonds. The number of aromatic nitrogens is 2. The maximum atomic E-state index is 11.1. The van der Waals surface area contributed by atoms with E-state index in [2.05, 4.69) is 11.1 Å². The molecule has 0 saturated heterocycles. The van der Waals surface area contributed by atoms with Gasteiger partial charge in [0.1, 0.15) is 6.33 Å². The zero-order valence-corrected chi connectivity index (χ0v) is 9.42. The quantitative estimate of drug-likeness (QED) is 0.814. The van der Waals surface area contributed by atoms with E-state index in [1.165, 1.54) is 5.56 Å². The lowest BCUT2D eigenvalue weighted by molar-refractivity contribution is 0.0689. The van der Waals surface area contributed by atoms with Crippen LogP contribution in [0.1, 0.15) is 34.6 Å². The van der Waals surface area contributed by atoms with E-state index in [1.807, 2.05) is 29.7 Å². The van der Waals surface area contributed by atoms with Gasteiger partial charge in [0, 0.05) is 5.92 Å². The van der Waals surface area contributed by atoms with Crippen molar-refractivity contribution in [3.8, 4) is 5.69 Å². The van der Waals surface area contributed by atoms with Gasteiger partial charge >= 0.3 is 5.97 Å². The van der Waals surface area contributed by atoms with E-state index in [4.69, 9.17) is 5.11 Å². The molecule has 1 aliphatic rings. The van der Waals surface area contributed by atoms with Crippen molar-refractivity contribution < 1.29 is 9.90 Å². The molecule has 4 nitrogen and oxygen atoms in total. The number of carboxylic acids is 1. The van der Waals surface area contributed by atoms with E-state index in [0.29, 0.717) is 0 Å². The van der Waals surface area contributed by atoms with Crippen LogP contribution in [0.3, 0.4) is 0 Å². The van der Waals surface area contributed by atoms with E-state index in [-0.39, 0.29) is 11.6 Å². The summed E-state index contributed by atoms with van der Waals surface area (Å²) < 4.78 is 1.90. The number of fused-ring (bicyclic) bond motifs is 3. The molecule has 2 heterocycles. The Morgan fingerprint density at radius 3 is 3.00 bits per heavy atom. The van der Waals surface area contributed by atoms with Gasteiger partial charge in [-0.1, -0.05) is 25.1 Å². The number of rotatable bonds is 1. The van der Waals surface area contributed by atoms with Gasteiger partial charge < -0.3 is 9.67 Å². The third-order valence-corrected chi connectivity index (χ3v) is 3.25. The first-order valence-electron chi connectivity index (χ1n) is 5.57. The van der Waals surface area contributed by atoms with Gasteiger partial charge in [0.05, 0.1) is 11.4 Å². The Balaban J connectivity index is 2.27. The first-order valence-corrected chi connectivity index (χ1v) is 5.57. The highest BCUT2D eigenvalue weighted by atomic mass is 16.4. The van der Waals surface area contributed by atoms with Gasteiger partial charge in [0.15, 0.2) is 5.69 Å². The van der Waals surface area contributed by atoms with Crippen LogP contribution in [-0.4, -0.2) is 20.6 Å². The second-order valence-corrected chi connectivity index (χ2v) is 4.39. The van der Waals surface area contributed by atoms with E-state index in [1.54, 1.807) is 6.33 Å². The Kier molecular flexibility index (Phi) is 2.04. The fourth-order valence-electron chi connectivity index (χ4n) is 2.53. The molecule has 1 aliphatic heterocycles. The van der Waals surface area contributed by atoms with Crippen molar-refractivity contribution in [2.45, 2.75) is 19.3 Å². The Morgan fingerprint density at radius 2 is 2.24 bits per heavy atom. The van der Waals surface area contributed by atoms with Gasteiger partial charge in [-0.3, -0.25) is 0 Å². The third-order valence-electron chi connectivity index (χ3n) is 3.25. The van der Waals surface area contributed by atoms with Crippen LogP contribution in [0.4, 0.5) is 0 Å². The molecule has 4 heteroatoms. The molecule has 1 aromatic carbocycles. The Bertz CT molecular complexity index is 601. The summed E-state index contributed by atoms with van der Waals surface area (Å²) in [6.45, 7) is 2.04. The van der Waals surface area contributed by atoms with Crippen molar-refractivity contribution in [2.75, 3.05) is 0 Å². The third kappa shape index (κ3) is 1.37. The molecule has 0 fully saturated rings. The molecular weight excluding hydrogens is 216 g/mol. The van der Waals surface area contributed by atoms with Crippen LogP contribution in [0, 0.1) is 0 Å². The number of para-hydroxylation sites is 1. The second-order valence-electron chi connectivity index (χ2n) is 4.39. The topological polar surface area (TPSA) is 55.1 Å². The summed E-state index contributed by atoms with van der Waals surface area (Å²) >= 11 is 0. The van der Waals surface area contributed by atoms with Crippen LogP contribution < -0.4 is 0 Å². The Hall–Kier alpha value is -2.10. The van der Waals surface area contributed by atoms with Crippen molar-refractivity contribution in [3.05, 3.63) is 47.5 Å². The summed E-state index contributed by atoms with van der Waals surface area (Å²) in [7, 11) is 0. The number of imidazole rings is 1. The molecule has 0 saturated carbocycles. The number of carbonyl (C=O) groups is 1. The minimum absolute atomic E-state index is 0.173. The van der Waals surface area contributed by atoms with Crippen LogP contribution >= 0.6 is 0 Å². The van der Waals surface area contributed by atoms with Crippen LogP contribution in [0.2, 0.25) is 0 Å². The molecule has 1 unspecified atom stereocenters. The normalized spacial score (nSPS) is 17.4. The SMILES string of the molecule is CC1Cc2ccccc2-n2cnc(C(=O)O)c21. The van der Waals surface area contributed by atoms with E-state index in [0.717, 1.165) is 17.8 Å². The van der Waals surface area contributed by atoms with Gasteiger partial charge in [-0.15, -0.1) is 0 Å². The lowest BCUT2D eigenvalue weighted by Crippen LogP contribution is -2.17. The molecule has 3 rings (SSSR count). The fraction of sp³-hybridized carbons (Fsp3) is 0.231. The van der Waals surface area contributed by atoms with Crippen LogP contribution in [0.25, 0.3) is 5.69 Å². The Morgan fingerprint density at radius 1 is 1.47 bits per heavy atom. The molecule has 1 aromatic heterocycles. The minimum Gasteiger partial charge on any atom is -0.476 e. The van der Waals surface area contributed by atoms with Gasteiger partial charge in [0.25, 0.3) is 0 Å². The molecule has 0 spiro atoms. The molecule has 86 valence electrons. The zero-order valence-electron chi connectivity index (χ0n) is 9.42. The van der Waals surface area contributed by atoms with Crippen molar-refractivity contribution in [1.29, 1.82) is 0 Å². The monoisotopic (exact) mass is 228 g/mol. The number of hydrogen-bond acceptors (Lipinski definition) is 2. The molecule has 17 heavy (non-hydrogen) atoms. The zero-order chi connectivity index (χ0) is 12.0. The van der Waals surface area contributed by atoms with E-state index in [9.17, 15) is 4.79 Å². The average molecular weight is 228 g/mol. The Labute approximate surface area is 98.5 Å². The number of aromatic carboxylic acids is 1. The molecule has 1 N–H and O–H groups in total. The van der Waals surface area contributed by atoms with E-state index >= 15 is 0 Å². The largest absolute Gasteiger partial charge is 0.476 e. The molecular formula is C13H12N2O2. The fourth-order valence-corrected chi connectivity index (χ4v) is 2.53. The number of nitrogens with zero attached hydrogens (tertiary/aromatic N) is 2. The van der Waals surface area contributed by atoms with Crippen molar-refractivity contribution >= 4 is 5.97 Å². The highest BCUT2D eigenvalue weighted by molar-refractivity contribution is 5.87. The van der Waals surface area contributed by atoms with Crippen LogP contribution in [0.5, 0.6) is 0 Å². The lowest BCUT2D eigenvalue weighted by Gasteiger charge is -2.24. The average Bonchev–Trinajstić information content (AvgIpc) is 2.74. The van der Waals surface area contributed by atoms with Crippen molar-refractivity contribution in [1.82, 2.24) is 9.55 Å². The molecule has 1 atom stereocenters. The predicted molar refractivity (Wildman–Crippen MR) is 62.6 cm³/mol. The molecule has 0 bridgehead atoms. The summed E-state index contributed by atoms with van der Waals surface area (Å²) in [6, 6.07) is 8.04. The lowest BCUT2D eigenvalue weighted by atomic mass is 9.92. The van der Waals surface area contributed by atoms with Gasteiger partial charge in [0.2, 0.25) is 0 Å². The standard InChI is InChI=1S/C13H12N2O2/c1-8-6-9-4-2-3-5-10(9)15-7-14-11(12(8)15)13(16)17/h2-5,7-8H,6H2,1H3,(H,16,17). The van der Waals surface area contributed by atoms with Gasteiger partial charge in [-0.25, -0.2) is 9.78 Å². The highest BCUT2D eigenvalue weighted by Crippen LogP contribution is 2.33. The predicted octanol–water partition coefficient (Wildman–Crippen LogP) is 2.23. The first kappa shape index (κ1) is 10.1. The summed E-state index contributed by atoms with van der Waals surface area (Å²) in [5, 5.41) is 9.12. The maximum Gasteiger partial charge on any atom is 0.356 e. The smallest absolute Gasteiger partial charge is 0.356 e. The van der Waals surface area contributed by atoms with Gasteiger partial charge in [-0.2, -0.15) is 0 Å². The number of benzene rings is 1.